The Morgan fingerprint density at radius 2 is 2.16 bits per heavy atom. The zero-order valence-corrected chi connectivity index (χ0v) is 11.4. The van der Waals surface area contributed by atoms with Crippen molar-refractivity contribution < 1.29 is 9.53 Å². The smallest absolute Gasteiger partial charge is 0.410 e. The van der Waals surface area contributed by atoms with Crippen molar-refractivity contribution in [3.63, 3.8) is 0 Å². The highest BCUT2D eigenvalue weighted by Crippen LogP contribution is 2.14. The molecule has 0 saturated carbocycles. The number of amides is 1. The summed E-state index contributed by atoms with van der Waals surface area (Å²) in [6.45, 7) is 0.499. The number of para-hydroxylation sites is 1. The molecule has 19 heavy (non-hydrogen) atoms. The van der Waals surface area contributed by atoms with E-state index in [2.05, 4.69) is 15.6 Å². The number of hydrogen-bond acceptors (Lipinski definition) is 5. The van der Waals surface area contributed by atoms with Gasteiger partial charge in [-0.2, -0.15) is 0 Å². The summed E-state index contributed by atoms with van der Waals surface area (Å²) in [5.74, 6) is 0.533. The third-order valence-corrected chi connectivity index (χ3v) is 3.28. The van der Waals surface area contributed by atoms with Crippen LogP contribution in [-0.4, -0.2) is 24.7 Å². The molecule has 0 unspecified atom stereocenters. The molecule has 2 N–H and O–H groups in total. The van der Waals surface area contributed by atoms with E-state index >= 15 is 0 Å². The Bertz CT molecular complexity index is 528. The van der Waals surface area contributed by atoms with Crippen LogP contribution in [0.4, 0.5) is 9.93 Å². The average molecular weight is 277 g/mol. The van der Waals surface area contributed by atoms with Crippen molar-refractivity contribution >= 4 is 22.6 Å². The minimum Gasteiger partial charge on any atom is -0.410 e. The fourth-order valence-electron chi connectivity index (χ4n) is 1.46. The maximum absolute atomic E-state index is 11.5. The van der Waals surface area contributed by atoms with Crippen molar-refractivity contribution in [2.24, 2.45) is 0 Å². The number of ether oxygens (including phenoxy) is 1. The first-order valence-corrected chi connectivity index (χ1v) is 6.79. The van der Waals surface area contributed by atoms with Crippen LogP contribution in [-0.2, 0) is 6.42 Å². The first-order chi connectivity index (χ1) is 9.28. The summed E-state index contributed by atoms with van der Waals surface area (Å²) in [7, 11) is 1.83. The minimum atomic E-state index is -0.449. The van der Waals surface area contributed by atoms with Crippen LogP contribution in [0.1, 0.15) is 5.69 Å². The normalized spacial score (nSPS) is 9.95. The highest BCUT2D eigenvalue weighted by molar-refractivity contribution is 7.13. The van der Waals surface area contributed by atoms with Crippen LogP contribution in [0.15, 0.2) is 35.7 Å². The Kier molecular flexibility index (Phi) is 4.74. The van der Waals surface area contributed by atoms with Crippen molar-refractivity contribution in [2.45, 2.75) is 6.42 Å². The standard InChI is InChI=1S/C13H15N3O2S/c1-14-12-16-10(9-19-12)7-8-15-13(17)18-11-5-3-2-4-6-11/h2-6,9H,7-8H2,1H3,(H,14,16)(H,15,17). The number of carbonyl (C=O) groups excluding carboxylic acids is 1. The summed E-state index contributed by atoms with van der Waals surface area (Å²) in [6.07, 6.45) is 0.234. The first-order valence-electron chi connectivity index (χ1n) is 5.91. The number of nitrogens with one attached hydrogen (secondary N) is 2. The predicted octanol–water partition coefficient (Wildman–Crippen LogP) is 2.52. The van der Waals surface area contributed by atoms with E-state index in [4.69, 9.17) is 4.74 Å². The molecule has 1 aromatic heterocycles. The van der Waals surface area contributed by atoms with Gasteiger partial charge in [-0.05, 0) is 12.1 Å². The van der Waals surface area contributed by atoms with Gasteiger partial charge in [-0.1, -0.05) is 18.2 Å². The fraction of sp³-hybridized carbons (Fsp3) is 0.231. The zero-order valence-electron chi connectivity index (χ0n) is 10.6. The van der Waals surface area contributed by atoms with Crippen molar-refractivity contribution in [3.8, 4) is 5.75 Å². The molecule has 1 amide bonds. The highest BCUT2D eigenvalue weighted by atomic mass is 32.1. The fourth-order valence-corrected chi connectivity index (χ4v) is 2.17. The van der Waals surface area contributed by atoms with Gasteiger partial charge in [-0.25, -0.2) is 9.78 Å². The summed E-state index contributed by atoms with van der Waals surface area (Å²) < 4.78 is 5.10. The Balaban J connectivity index is 1.72. The van der Waals surface area contributed by atoms with Gasteiger partial charge in [0.15, 0.2) is 5.13 Å². The molecule has 2 aromatic rings. The molecule has 5 nitrogen and oxygen atoms in total. The van der Waals surface area contributed by atoms with Crippen LogP contribution in [0.2, 0.25) is 0 Å². The zero-order chi connectivity index (χ0) is 13.5. The second-order valence-electron chi connectivity index (χ2n) is 3.77. The number of hydrogen-bond donors (Lipinski definition) is 2. The summed E-state index contributed by atoms with van der Waals surface area (Å²) in [6, 6.07) is 8.97. The molecule has 0 aliphatic rings. The third kappa shape index (κ3) is 4.26. The molecule has 0 bridgehead atoms. The van der Waals surface area contributed by atoms with Crippen LogP contribution in [0.25, 0.3) is 0 Å². The minimum absolute atomic E-state index is 0.449. The van der Waals surface area contributed by atoms with Gasteiger partial charge < -0.3 is 15.4 Å². The largest absolute Gasteiger partial charge is 0.412 e. The summed E-state index contributed by atoms with van der Waals surface area (Å²) in [5.41, 5.74) is 0.953. The molecular formula is C13H15N3O2S. The molecule has 1 aromatic carbocycles. The predicted molar refractivity (Wildman–Crippen MR) is 75.8 cm³/mol. The van der Waals surface area contributed by atoms with Gasteiger partial charge in [0, 0.05) is 25.4 Å². The van der Waals surface area contributed by atoms with Gasteiger partial charge in [-0.3, -0.25) is 0 Å². The number of carbonyl (C=O) groups is 1. The van der Waals surface area contributed by atoms with Gasteiger partial charge in [0.1, 0.15) is 5.75 Å². The molecule has 0 saturated heterocycles. The Morgan fingerprint density at radius 1 is 1.37 bits per heavy atom. The number of anilines is 1. The quantitative estimate of drug-likeness (QED) is 0.881. The van der Waals surface area contributed by atoms with Crippen molar-refractivity contribution in [3.05, 3.63) is 41.4 Å². The third-order valence-electron chi connectivity index (χ3n) is 2.37. The maximum atomic E-state index is 11.5. The Labute approximate surface area is 115 Å². The van der Waals surface area contributed by atoms with Gasteiger partial charge in [0.25, 0.3) is 0 Å². The molecule has 100 valence electrons. The van der Waals surface area contributed by atoms with E-state index < -0.39 is 6.09 Å². The molecule has 0 fully saturated rings. The number of aromatic nitrogens is 1. The lowest BCUT2D eigenvalue weighted by atomic mass is 10.3. The first kappa shape index (κ1) is 13.4. The molecule has 1 heterocycles. The van der Waals surface area contributed by atoms with Crippen molar-refractivity contribution in [2.75, 3.05) is 18.9 Å². The van der Waals surface area contributed by atoms with Crippen molar-refractivity contribution in [1.82, 2.24) is 10.3 Å². The number of thiazole rings is 1. The van der Waals surface area contributed by atoms with E-state index in [9.17, 15) is 4.79 Å². The van der Waals surface area contributed by atoms with E-state index in [0.717, 1.165) is 10.8 Å². The van der Waals surface area contributed by atoms with Crippen LogP contribution in [0.3, 0.4) is 0 Å². The summed E-state index contributed by atoms with van der Waals surface area (Å²) in [4.78, 5) is 15.8. The summed E-state index contributed by atoms with van der Waals surface area (Å²) in [5, 5.41) is 8.51. The van der Waals surface area contributed by atoms with Gasteiger partial charge in [0.2, 0.25) is 0 Å². The topological polar surface area (TPSA) is 63.2 Å². The van der Waals surface area contributed by atoms with Crippen LogP contribution in [0.5, 0.6) is 5.75 Å². The summed E-state index contributed by atoms with van der Waals surface area (Å²) >= 11 is 1.54. The second-order valence-corrected chi connectivity index (χ2v) is 4.63. The van der Waals surface area contributed by atoms with Crippen molar-refractivity contribution in [1.29, 1.82) is 0 Å². The van der Waals surface area contributed by atoms with Crippen LogP contribution < -0.4 is 15.4 Å². The molecule has 0 atom stereocenters. The Morgan fingerprint density at radius 3 is 2.84 bits per heavy atom. The van der Waals surface area contributed by atoms with E-state index in [0.29, 0.717) is 18.7 Å². The van der Waals surface area contributed by atoms with E-state index in [1.165, 1.54) is 0 Å². The highest BCUT2D eigenvalue weighted by Gasteiger charge is 2.04. The Hall–Kier alpha value is -2.08. The number of benzene rings is 1. The van der Waals surface area contributed by atoms with Gasteiger partial charge in [-0.15, -0.1) is 11.3 Å². The van der Waals surface area contributed by atoms with E-state index in [-0.39, 0.29) is 0 Å². The van der Waals surface area contributed by atoms with Crippen LogP contribution >= 0.6 is 11.3 Å². The molecule has 0 spiro atoms. The molecule has 2 rings (SSSR count). The lowest BCUT2D eigenvalue weighted by Gasteiger charge is -2.05. The molecule has 0 aliphatic carbocycles. The van der Waals surface area contributed by atoms with Gasteiger partial charge in [0.05, 0.1) is 5.69 Å². The molecule has 6 heteroatoms. The lowest BCUT2D eigenvalue weighted by Crippen LogP contribution is -2.28. The van der Waals surface area contributed by atoms with Gasteiger partial charge >= 0.3 is 6.09 Å². The number of rotatable bonds is 5. The maximum Gasteiger partial charge on any atom is 0.412 e. The van der Waals surface area contributed by atoms with E-state index in [1.807, 2.05) is 30.6 Å². The SMILES string of the molecule is CNc1nc(CCNC(=O)Oc2ccccc2)cs1. The van der Waals surface area contributed by atoms with Crippen LogP contribution in [0, 0.1) is 0 Å². The molecule has 0 aliphatic heterocycles. The lowest BCUT2D eigenvalue weighted by molar-refractivity contribution is 0.200. The molecule has 0 radical (unpaired) electrons. The average Bonchev–Trinajstić information content (AvgIpc) is 2.88. The monoisotopic (exact) mass is 277 g/mol. The number of nitrogens with zero attached hydrogens (tertiary/aromatic N) is 1. The molecular weight excluding hydrogens is 262 g/mol. The second kappa shape index (κ2) is 6.75. The van der Waals surface area contributed by atoms with E-state index in [1.54, 1.807) is 23.5 Å².